The Morgan fingerprint density at radius 1 is 1.33 bits per heavy atom. The zero-order valence-corrected chi connectivity index (χ0v) is 13.8. The molecule has 0 aromatic carbocycles. The Morgan fingerprint density at radius 2 is 2.10 bits per heavy atom. The van der Waals surface area contributed by atoms with Gasteiger partial charge in [0.2, 0.25) is 0 Å². The molecule has 0 aliphatic carbocycles. The van der Waals surface area contributed by atoms with Gasteiger partial charge < -0.3 is 24.4 Å². The molecule has 0 fully saturated rings. The van der Waals surface area contributed by atoms with Crippen LogP contribution in [0.15, 0.2) is 6.20 Å². The van der Waals surface area contributed by atoms with E-state index in [9.17, 15) is 0 Å². The molecular weight excluding hydrogens is 272 g/mol. The zero-order valence-electron chi connectivity index (χ0n) is 13.8. The highest BCUT2D eigenvalue weighted by atomic mass is 16.5. The van der Waals surface area contributed by atoms with Crippen LogP contribution in [-0.2, 0) is 16.0 Å². The molecule has 0 spiro atoms. The van der Waals surface area contributed by atoms with Gasteiger partial charge in [-0.2, -0.15) is 5.10 Å². The van der Waals surface area contributed by atoms with E-state index in [1.165, 1.54) is 0 Å². The molecule has 0 bridgehead atoms. The predicted molar refractivity (Wildman–Crippen MR) is 81.8 cm³/mol. The molecular formula is C14H28N4O3. The first-order valence-electron chi connectivity index (χ1n) is 7.12. The number of methoxy groups -OCH3 is 2. The molecule has 1 aromatic heterocycles. The summed E-state index contributed by atoms with van der Waals surface area (Å²) >= 11 is 0. The van der Waals surface area contributed by atoms with E-state index in [0.717, 1.165) is 24.5 Å². The number of likely N-dealkylation sites (N-methyl/N-ethyl adjacent to an activating group) is 2. The van der Waals surface area contributed by atoms with Gasteiger partial charge in [0.15, 0.2) is 5.75 Å². The summed E-state index contributed by atoms with van der Waals surface area (Å²) < 4.78 is 18.0. The van der Waals surface area contributed by atoms with E-state index in [0.29, 0.717) is 19.8 Å². The minimum absolute atomic E-state index is 0.0291. The second-order valence-electron chi connectivity index (χ2n) is 5.03. The molecule has 0 amide bonds. The quantitative estimate of drug-likeness (QED) is 0.596. The fourth-order valence-electron chi connectivity index (χ4n) is 2.00. The van der Waals surface area contributed by atoms with Crippen LogP contribution in [0, 0.1) is 0 Å². The van der Waals surface area contributed by atoms with Gasteiger partial charge in [0, 0.05) is 13.7 Å². The van der Waals surface area contributed by atoms with E-state index in [1.54, 1.807) is 20.4 Å². The fraction of sp³-hybridized carbons (Fsp3) is 0.786. The lowest BCUT2D eigenvalue weighted by molar-refractivity contribution is 0.0580. The summed E-state index contributed by atoms with van der Waals surface area (Å²) in [7, 11) is 9.33. The summed E-state index contributed by atoms with van der Waals surface area (Å²) in [5.41, 5.74) is 1.01. The van der Waals surface area contributed by atoms with Gasteiger partial charge in [-0.25, -0.2) is 0 Å². The number of rotatable bonds is 11. The maximum Gasteiger partial charge on any atom is 0.161 e. The largest absolute Gasteiger partial charge is 0.493 e. The van der Waals surface area contributed by atoms with E-state index in [2.05, 4.69) is 15.3 Å². The third-order valence-corrected chi connectivity index (χ3v) is 3.22. The van der Waals surface area contributed by atoms with Gasteiger partial charge in [0.05, 0.1) is 51.4 Å². The van der Waals surface area contributed by atoms with Crippen LogP contribution in [-0.4, -0.2) is 76.4 Å². The van der Waals surface area contributed by atoms with Gasteiger partial charge in [-0.3, -0.25) is 4.68 Å². The maximum absolute atomic E-state index is 5.64. The van der Waals surface area contributed by atoms with Crippen LogP contribution in [0.1, 0.15) is 11.7 Å². The highest BCUT2D eigenvalue weighted by Gasteiger charge is 2.21. The van der Waals surface area contributed by atoms with E-state index >= 15 is 0 Å². The minimum Gasteiger partial charge on any atom is -0.493 e. The van der Waals surface area contributed by atoms with Gasteiger partial charge in [-0.1, -0.05) is 0 Å². The maximum atomic E-state index is 5.64. The molecule has 0 saturated heterocycles. The van der Waals surface area contributed by atoms with Crippen molar-refractivity contribution < 1.29 is 14.2 Å². The Balaban J connectivity index is 2.76. The van der Waals surface area contributed by atoms with Crippen LogP contribution in [0.4, 0.5) is 0 Å². The average molecular weight is 300 g/mol. The molecule has 1 atom stereocenters. The summed E-state index contributed by atoms with van der Waals surface area (Å²) in [4.78, 5) is 2.13. The number of nitrogens with one attached hydrogen (secondary N) is 1. The van der Waals surface area contributed by atoms with Gasteiger partial charge in [-0.05, 0) is 21.1 Å². The first kappa shape index (κ1) is 17.9. The molecule has 1 rings (SSSR count). The lowest BCUT2D eigenvalue weighted by Crippen LogP contribution is -2.28. The van der Waals surface area contributed by atoms with Gasteiger partial charge in [0.25, 0.3) is 0 Å². The Labute approximate surface area is 127 Å². The number of ether oxygens (including phenoxy) is 3. The Morgan fingerprint density at radius 3 is 2.67 bits per heavy atom. The van der Waals surface area contributed by atoms with Crippen LogP contribution in [0.5, 0.6) is 5.75 Å². The van der Waals surface area contributed by atoms with Crippen molar-refractivity contribution >= 4 is 0 Å². The van der Waals surface area contributed by atoms with Crippen LogP contribution < -0.4 is 10.1 Å². The van der Waals surface area contributed by atoms with Crippen molar-refractivity contribution in [3.8, 4) is 5.75 Å². The highest BCUT2D eigenvalue weighted by molar-refractivity contribution is 5.28. The molecule has 0 aliphatic rings. The zero-order chi connectivity index (χ0) is 15.7. The lowest BCUT2D eigenvalue weighted by Gasteiger charge is -2.20. The fourth-order valence-corrected chi connectivity index (χ4v) is 2.00. The number of hydrogen-bond donors (Lipinski definition) is 1. The topological polar surface area (TPSA) is 60.8 Å². The van der Waals surface area contributed by atoms with E-state index < -0.39 is 0 Å². The highest BCUT2D eigenvalue weighted by Crippen LogP contribution is 2.25. The van der Waals surface area contributed by atoms with Crippen LogP contribution >= 0.6 is 0 Å². The molecule has 122 valence electrons. The first-order chi connectivity index (χ1) is 10.1. The molecule has 0 aliphatic heterocycles. The van der Waals surface area contributed by atoms with Crippen LogP contribution in [0.3, 0.4) is 0 Å². The second kappa shape index (κ2) is 9.73. The van der Waals surface area contributed by atoms with E-state index in [4.69, 9.17) is 14.2 Å². The van der Waals surface area contributed by atoms with Gasteiger partial charge in [-0.15, -0.1) is 0 Å². The van der Waals surface area contributed by atoms with Crippen molar-refractivity contribution in [2.75, 3.05) is 61.7 Å². The molecule has 7 heteroatoms. The number of nitrogens with zero attached hydrogens (tertiary/aromatic N) is 3. The van der Waals surface area contributed by atoms with E-state index in [1.807, 2.05) is 25.8 Å². The summed E-state index contributed by atoms with van der Waals surface area (Å²) in [6.07, 6.45) is 1.75. The van der Waals surface area contributed by atoms with Crippen molar-refractivity contribution in [2.24, 2.45) is 0 Å². The average Bonchev–Trinajstić information content (AvgIpc) is 2.88. The molecule has 1 heterocycles. The van der Waals surface area contributed by atoms with Crippen molar-refractivity contribution in [1.29, 1.82) is 0 Å². The Hall–Kier alpha value is -1.15. The predicted octanol–water partition coefficient (Wildman–Crippen LogP) is 0.377. The van der Waals surface area contributed by atoms with Gasteiger partial charge >= 0.3 is 0 Å². The van der Waals surface area contributed by atoms with Gasteiger partial charge in [0.1, 0.15) is 0 Å². The number of hydrogen-bond acceptors (Lipinski definition) is 6. The first-order valence-corrected chi connectivity index (χ1v) is 7.12. The third-order valence-electron chi connectivity index (χ3n) is 3.22. The van der Waals surface area contributed by atoms with Crippen LogP contribution in [0.25, 0.3) is 0 Å². The minimum atomic E-state index is 0.0291. The standard InChI is InChI=1S/C14H28N4O3/c1-15-12(11-21-9-8-19-4)14-13(20-5)10-16-18(14)7-6-17(2)3/h10,12,15H,6-9,11H2,1-5H3. The Kier molecular flexibility index (Phi) is 8.29. The molecule has 7 nitrogen and oxygen atoms in total. The van der Waals surface area contributed by atoms with Crippen LogP contribution in [0.2, 0.25) is 0 Å². The summed E-state index contributed by atoms with van der Waals surface area (Å²) in [6.45, 7) is 3.43. The third kappa shape index (κ3) is 5.62. The SMILES string of the molecule is CNC(COCCOC)c1c(OC)cnn1CCN(C)C. The van der Waals surface area contributed by atoms with E-state index in [-0.39, 0.29) is 6.04 Å². The lowest BCUT2D eigenvalue weighted by atomic mass is 10.2. The van der Waals surface area contributed by atoms with Crippen molar-refractivity contribution in [1.82, 2.24) is 20.0 Å². The molecule has 1 N–H and O–H groups in total. The molecule has 0 radical (unpaired) electrons. The van der Waals surface area contributed by atoms with Crippen molar-refractivity contribution in [2.45, 2.75) is 12.6 Å². The Bertz CT molecular complexity index is 396. The smallest absolute Gasteiger partial charge is 0.161 e. The number of aromatic nitrogens is 2. The molecule has 1 aromatic rings. The summed E-state index contributed by atoms with van der Waals surface area (Å²) in [5, 5.41) is 7.68. The normalized spacial score (nSPS) is 12.9. The van der Waals surface area contributed by atoms with Crippen molar-refractivity contribution in [3.63, 3.8) is 0 Å². The second-order valence-corrected chi connectivity index (χ2v) is 5.03. The van der Waals surface area contributed by atoms with Crippen molar-refractivity contribution in [3.05, 3.63) is 11.9 Å². The molecule has 0 saturated carbocycles. The summed E-state index contributed by atoms with van der Waals surface area (Å²) in [5.74, 6) is 0.781. The monoisotopic (exact) mass is 300 g/mol. The molecule has 21 heavy (non-hydrogen) atoms. The molecule has 1 unspecified atom stereocenters. The summed E-state index contributed by atoms with van der Waals surface area (Å²) in [6, 6.07) is 0.0291.